The smallest absolute Gasteiger partial charge is 0.229 e. The van der Waals surface area contributed by atoms with Gasteiger partial charge in [-0.2, -0.15) is 0 Å². The van der Waals surface area contributed by atoms with E-state index in [1.165, 1.54) is 0 Å². The fourth-order valence-electron chi connectivity index (χ4n) is 4.33. The van der Waals surface area contributed by atoms with Crippen molar-refractivity contribution in [1.29, 1.82) is 0 Å². The highest BCUT2D eigenvalue weighted by molar-refractivity contribution is 5.80. The summed E-state index contributed by atoms with van der Waals surface area (Å²) in [6.07, 6.45) is 2.72. The molecule has 2 amide bonds. The first kappa shape index (κ1) is 21.2. The third-order valence-corrected chi connectivity index (χ3v) is 6.18. The summed E-state index contributed by atoms with van der Waals surface area (Å²) in [7, 11) is 1.64. The van der Waals surface area contributed by atoms with Gasteiger partial charge < -0.3 is 19.3 Å². The van der Waals surface area contributed by atoms with E-state index in [0.717, 1.165) is 35.5 Å². The molecule has 1 fully saturated rings. The molecule has 0 unspecified atom stereocenters. The lowest BCUT2D eigenvalue weighted by Gasteiger charge is -2.29. The number of benzene rings is 2. The zero-order chi connectivity index (χ0) is 21.6. The fourth-order valence-corrected chi connectivity index (χ4v) is 4.33. The Bertz CT molecular complexity index is 912. The molecule has 0 aliphatic carbocycles. The quantitative estimate of drug-likeness (QED) is 0.743. The molecule has 4 rings (SSSR count). The molecule has 0 aromatic heterocycles. The van der Waals surface area contributed by atoms with Crippen molar-refractivity contribution in [2.24, 2.45) is 5.92 Å². The Labute approximate surface area is 183 Å². The lowest BCUT2D eigenvalue weighted by Crippen LogP contribution is -2.43. The van der Waals surface area contributed by atoms with Gasteiger partial charge in [0.1, 0.15) is 18.1 Å². The maximum absolute atomic E-state index is 13.1. The fraction of sp³-hybridized carbons (Fsp3) is 0.440. The first-order chi connectivity index (χ1) is 15.1. The SMILES string of the molecule is COc1ccc(CCC(=O)N2CCCN(C(=O)[C@@H]3COc4ccccc4C3)CC2)cc1. The molecule has 1 atom stereocenters. The van der Waals surface area contributed by atoms with Gasteiger partial charge in [-0.05, 0) is 48.6 Å². The van der Waals surface area contributed by atoms with Crippen molar-refractivity contribution in [2.45, 2.75) is 25.7 Å². The number of methoxy groups -OCH3 is 1. The van der Waals surface area contributed by atoms with Crippen LogP contribution in [0.1, 0.15) is 24.0 Å². The van der Waals surface area contributed by atoms with Gasteiger partial charge in [-0.25, -0.2) is 0 Å². The van der Waals surface area contributed by atoms with Gasteiger partial charge in [-0.3, -0.25) is 9.59 Å². The largest absolute Gasteiger partial charge is 0.497 e. The Hall–Kier alpha value is -3.02. The maximum Gasteiger partial charge on any atom is 0.229 e. The molecule has 2 aromatic rings. The van der Waals surface area contributed by atoms with Crippen molar-refractivity contribution in [2.75, 3.05) is 39.9 Å². The van der Waals surface area contributed by atoms with Crippen molar-refractivity contribution >= 4 is 11.8 Å². The number of rotatable bonds is 5. The second-order valence-electron chi connectivity index (χ2n) is 8.23. The summed E-state index contributed by atoms with van der Waals surface area (Å²) in [5.41, 5.74) is 2.22. The molecule has 2 aliphatic rings. The van der Waals surface area contributed by atoms with Gasteiger partial charge in [0.2, 0.25) is 11.8 Å². The van der Waals surface area contributed by atoms with Crippen LogP contribution in [-0.2, 0) is 22.4 Å². The number of ether oxygens (including phenoxy) is 2. The average Bonchev–Trinajstić information content (AvgIpc) is 3.08. The Morgan fingerprint density at radius 2 is 1.74 bits per heavy atom. The van der Waals surface area contributed by atoms with Crippen molar-refractivity contribution in [3.63, 3.8) is 0 Å². The molecule has 1 saturated heterocycles. The van der Waals surface area contributed by atoms with Crippen molar-refractivity contribution in [1.82, 2.24) is 9.80 Å². The van der Waals surface area contributed by atoms with Gasteiger partial charge in [0, 0.05) is 32.6 Å². The minimum Gasteiger partial charge on any atom is -0.497 e. The molecular formula is C25H30N2O4. The van der Waals surface area contributed by atoms with Crippen molar-refractivity contribution in [3.05, 3.63) is 59.7 Å². The van der Waals surface area contributed by atoms with Gasteiger partial charge in [0.15, 0.2) is 0 Å². The first-order valence-corrected chi connectivity index (χ1v) is 11.0. The van der Waals surface area contributed by atoms with Crippen LogP contribution in [0.3, 0.4) is 0 Å². The summed E-state index contributed by atoms with van der Waals surface area (Å²) in [5.74, 6) is 1.85. The van der Waals surface area contributed by atoms with Crippen LogP contribution >= 0.6 is 0 Å². The molecule has 2 heterocycles. The second-order valence-corrected chi connectivity index (χ2v) is 8.23. The number of fused-ring (bicyclic) bond motifs is 1. The van der Waals surface area contributed by atoms with Crippen molar-refractivity contribution < 1.29 is 19.1 Å². The van der Waals surface area contributed by atoms with E-state index in [4.69, 9.17) is 9.47 Å². The van der Waals surface area contributed by atoms with E-state index < -0.39 is 0 Å². The van der Waals surface area contributed by atoms with Gasteiger partial charge in [0.25, 0.3) is 0 Å². The summed E-state index contributed by atoms with van der Waals surface area (Å²) in [6, 6.07) is 15.8. The molecule has 0 bridgehead atoms. The number of para-hydroxylation sites is 1. The summed E-state index contributed by atoms with van der Waals surface area (Å²) >= 11 is 0. The summed E-state index contributed by atoms with van der Waals surface area (Å²) in [6.45, 7) is 3.01. The predicted octanol–water partition coefficient (Wildman–Crippen LogP) is 2.94. The molecule has 6 heteroatoms. The highest BCUT2D eigenvalue weighted by Crippen LogP contribution is 2.28. The summed E-state index contributed by atoms with van der Waals surface area (Å²) in [5, 5.41) is 0. The molecule has 0 N–H and O–H groups in total. The van der Waals surface area contributed by atoms with Crippen LogP contribution < -0.4 is 9.47 Å². The number of nitrogens with zero attached hydrogens (tertiary/aromatic N) is 2. The number of hydrogen-bond acceptors (Lipinski definition) is 4. The zero-order valence-corrected chi connectivity index (χ0v) is 18.1. The summed E-state index contributed by atoms with van der Waals surface area (Å²) < 4.78 is 11.0. The van der Waals surface area contributed by atoms with E-state index in [9.17, 15) is 9.59 Å². The third kappa shape index (κ3) is 5.19. The maximum atomic E-state index is 13.1. The lowest BCUT2D eigenvalue weighted by molar-refractivity contribution is -0.137. The van der Waals surface area contributed by atoms with Gasteiger partial charge in [0.05, 0.1) is 13.0 Å². The van der Waals surface area contributed by atoms with Crippen LogP contribution in [0.25, 0.3) is 0 Å². The Morgan fingerprint density at radius 1 is 1.00 bits per heavy atom. The minimum absolute atomic E-state index is 0.141. The van der Waals surface area contributed by atoms with Gasteiger partial charge >= 0.3 is 0 Å². The molecular weight excluding hydrogens is 392 g/mol. The molecule has 31 heavy (non-hydrogen) atoms. The number of carbonyl (C=O) groups excluding carboxylic acids is 2. The minimum atomic E-state index is -0.146. The van der Waals surface area contributed by atoms with Gasteiger partial charge in [-0.15, -0.1) is 0 Å². The molecule has 2 aromatic carbocycles. The predicted molar refractivity (Wildman–Crippen MR) is 118 cm³/mol. The van der Waals surface area contributed by atoms with Crippen LogP contribution in [0.2, 0.25) is 0 Å². The molecule has 0 saturated carbocycles. The molecule has 6 nitrogen and oxygen atoms in total. The van der Waals surface area contributed by atoms with Crippen LogP contribution in [0.4, 0.5) is 0 Å². The van der Waals surface area contributed by atoms with E-state index in [2.05, 4.69) is 0 Å². The van der Waals surface area contributed by atoms with Gasteiger partial charge in [-0.1, -0.05) is 30.3 Å². The normalized spacial score (nSPS) is 18.5. The monoisotopic (exact) mass is 422 g/mol. The van der Waals surface area contributed by atoms with Crippen LogP contribution in [-0.4, -0.2) is 61.5 Å². The Morgan fingerprint density at radius 3 is 2.55 bits per heavy atom. The molecule has 2 aliphatic heterocycles. The second kappa shape index (κ2) is 9.86. The van der Waals surface area contributed by atoms with E-state index in [0.29, 0.717) is 45.6 Å². The number of amides is 2. The highest BCUT2D eigenvalue weighted by atomic mass is 16.5. The first-order valence-electron chi connectivity index (χ1n) is 11.0. The van der Waals surface area contributed by atoms with E-state index in [-0.39, 0.29) is 17.7 Å². The highest BCUT2D eigenvalue weighted by Gasteiger charge is 2.31. The lowest BCUT2D eigenvalue weighted by atomic mass is 9.95. The average molecular weight is 423 g/mol. The van der Waals surface area contributed by atoms with E-state index in [1.807, 2.05) is 58.3 Å². The Kier molecular flexibility index (Phi) is 6.75. The van der Waals surface area contributed by atoms with Crippen LogP contribution in [0.15, 0.2) is 48.5 Å². The molecule has 0 spiro atoms. The van der Waals surface area contributed by atoms with E-state index in [1.54, 1.807) is 7.11 Å². The molecule has 0 radical (unpaired) electrons. The Balaban J connectivity index is 1.27. The van der Waals surface area contributed by atoms with Crippen LogP contribution in [0.5, 0.6) is 11.5 Å². The van der Waals surface area contributed by atoms with Crippen LogP contribution in [0, 0.1) is 5.92 Å². The number of aryl methyl sites for hydroxylation is 1. The molecule has 164 valence electrons. The standard InChI is InChI=1S/C25H30N2O4/c1-30-22-10-7-19(8-11-22)9-12-24(28)26-13-4-14-27(16-15-26)25(29)21-17-20-5-2-3-6-23(20)31-18-21/h2-3,5-8,10-11,21H,4,9,12-18H2,1H3/t21-/m0/s1. The topological polar surface area (TPSA) is 59.1 Å². The number of hydrogen-bond donors (Lipinski definition) is 0. The zero-order valence-electron chi connectivity index (χ0n) is 18.1. The summed E-state index contributed by atoms with van der Waals surface area (Å²) in [4.78, 5) is 29.6. The van der Waals surface area contributed by atoms with Crippen molar-refractivity contribution in [3.8, 4) is 11.5 Å². The third-order valence-electron chi connectivity index (χ3n) is 6.18. The van der Waals surface area contributed by atoms with E-state index >= 15 is 0 Å². The number of carbonyl (C=O) groups is 2.